The molecule has 2 N–H and O–H groups in total. The van der Waals surface area contributed by atoms with Gasteiger partial charge in [-0.05, 0) is 29.8 Å². The van der Waals surface area contributed by atoms with Crippen molar-refractivity contribution in [3.8, 4) is 5.75 Å². The topological polar surface area (TPSA) is 71.7 Å². The molecule has 0 saturated heterocycles. The highest BCUT2D eigenvalue weighted by Gasteiger charge is 2.16. The second-order valence-corrected chi connectivity index (χ2v) is 5.27. The SMILES string of the molecule is COc1ccc(C(O)CNC(=O)c2cc3cccc(F)c3o2)cc1. The van der Waals surface area contributed by atoms with E-state index in [0.29, 0.717) is 16.7 Å². The smallest absolute Gasteiger partial charge is 0.287 e. The molecule has 1 aromatic heterocycles. The maximum absolute atomic E-state index is 13.6. The first-order chi connectivity index (χ1) is 11.6. The summed E-state index contributed by atoms with van der Waals surface area (Å²) < 4.78 is 23.9. The van der Waals surface area contributed by atoms with E-state index < -0.39 is 17.8 Å². The summed E-state index contributed by atoms with van der Waals surface area (Å²) >= 11 is 0. The Morgan fingerprint density at radius 2 is 2.04 bits per heavy atom. The molecule has 2 aromatic carbocycles. The number of amides is 1. The molecule has 1 heterocycles. The van der Waals surface area contributed by atoms with Gasteiger partial charge in [0.05, 0.1) is 13.2 Å². The number of carbonyl (C=O) groups excluding carboxylic acids is 1. The van der Waals surface area contributed by atoms with Gasteiger partial charge in [-0.25, -0.2) is 4.39 Å². The van der Waals surface area contributed by atoms with Crippen LogP contribution < -0.4 is 10.1 Å². The van der Waals surface area contributed by atoms with Crippen LogP contribution in [0.4, 0.5) is 4.39 Å². The summed E-state index contributed by atoms with van der Waals surface area (Å²) in [7, 11) is 1.56. The van der Waals surface area contributed by atoms with Crippen LogP contribution in [0.25, 0.3) is 11.0 Å². The van der Waals surface area contributed by atoms with E-state index in [1.54, 1.807) is 43.5 Å². The number of para-hydroxylation sites is 1. The summed E-state index contributed by atoms with van der Waals surface area (Å²) in [6, 6.07) is 12.8. The highest BCUT2D eigenvalue weighted by molar-refractivity contribution is 5.96. The lowest BCUT2D eigenvalue weighted by Gasteiger charge is -2.12. The molecule has 5 nitrogen and oxygen atoms in total. The lowest BCUT2D eigenvalue weighted by atomic mass is 10.1. The monoisotopic (exact) mass is 329 g/mol. The number of benzene rings is 2. The fourth-order valence-corrected chi connectivity index (χ4v) is 2.36. The van der Waals surface area contributed by atoms with Crippen LogP contribution in [0, 0.1) is 5.82 Å². The fourth-order valence-electron chi connectivity index (χ4n) is 2.36. The second-order valence-electron chi connectivity index (χ2n) is 5.27. The Morgan fingerprint density at radius 1 is 1.29 bits per heavy atom. The van der Waals surface area contributed by atoms with Gasteiger partial charge >= 0.3 is 0 Å². The van der Waals surface area contributed by atoms with Crippen LogP contribution in [0.3, 0.4) is 0 Å². The number of aliphatic hydroxyl groups is 1. The van der Waals surface area contributed by atoms with Crippen LogP contribution in [0.2, 0.25) is 0 Å². The predicted molar refractivity (Wildman–Crippen MR) is 86.5 cm³/mol. The number of hydrogen-bond donors (Lipinski definition) is 2. The minimum Gasteiger partial charge on any atom is -0.497 e. The molecule has 0 spiro atoms. The summed E-state index contributed by atoms with van der Waals surface area (Å²) in [6.45, 7) is 0.00465. The number of methoxy groups -OCH3 is 1. The molecule has 0 aliphatic rings. The van der Waals surface area contributed by atoms with E-state index in [-0.39, 0.29) is 17.9 Å². The van der Waals surface area contributed by atoms with Gasteiger partial charge in [-0.3, -0.25) is 4.79 Å². The Kier molecular flexibility index (Phi) is 4.48. The van der Waals surface area contributed by atoms with Crippen molar-refractivity contribution in [3.63, 3.8) is 0 Å². The van der Waals surface area contributed by atoms with Gasteiger partial charge in [0.1, 0.15) is 5.75 Å². The van der Waals surface area contributed by atoms with E-state index in [9.17, 15) is 14.3 Å². The van der Waals surface area contributed by atoms with E-state index in [4.69, 9.17) is 9.15 Å². The molecule has 0 bridgehead atoms. The van der Waals surface area contributed by atoms with Crippen molar-refractivity contribution in [2.75, 3.05) is 13.7 Å². The standard InChI is InChI=1S/C18H16FNO4/c1-23-13-7-5-11(6-8-13)15(21)10-20-18(22)16-9-12-3-2-4-14(19)17(12)24-16/h2-9,15,21H,10H2,1H3,(H,20,22). The van der Waals surface area contributed by atoms with Gasteiger partial charge in [0, 0.05) is 11.9 Å². The first-order valence-corrected chi connectivity index (χ1v) is 7.37. The quantitative estimate of drug-likeness (QED) is 0.755. The van der Waals surface area contributed by atoms with Crippen LogP contribution in [0.15, 0.2) is 52.9 Å². The second kappa shape index (κ2) is 6.72. The van der Waals surface area contributed by atoms with Crippen LogP contribution in [0.1, 0.15) is 22.2 Å². The third-order valence-corrected chi connectivity index (χ3v) is 3.68. The number of ether oxygens (including phenoxy) is 1. The van der Waals surface area contributed by atoms with Crippen molar-refractivity contribution in [3.05, 3.63) is 65.7 Å². The fraction of sp³-hybridized carbons (Fsp3) is 0.167. The molecule has 124 valence electrons. The van der Waals surface area contributed by atoms with E-state index >= 15 is 0 Å². The van der Waals surface area contributed by atoms with Crippen LogP contribution in [0.5, 0.6) is 5.75 Å². The Bertz CT molecular complexity index is 857. The van der Waals surface area contributed by atoms with Gasteiger partial charge in [-0.15, -0.1) is 0 Å². The number of fused-ring (bicyclic) bond motifs is 1. The zero-order valence-corrected chi connectivity index (χ0v) is 13.0. The number of halogens is 1. The molecule has 24 heavy (non-hydrogen) atoms. The largest absolute Gasteiger partial charge is 0.497 e. The molecule has 1 atom stereocenters. The van der Waals surface area contributed by atoms with Crippen LogP contribution >= 0.6 is 0 Å². The minimum absolute atomic E-state index is 0.00275. The van der Waals surface area contributed by atoms with Crippen molar-refractivity contribution < 1.29 is 23.4 Å². The first-order valence-electron chi connectivity index (χ1n) is 7.37. The number of rotatable bonds is 5. The van der Waals surface area contributed by atoms with Gasteiger partial charge < -0.3 is 19.6 Å². The maximum atomic E-state index is 13.6. The molecule has 1 amide bonds. The van der Waals surface area contributed by atoms with Gasteiger partial charge in [0.2, 0.25) is 0 Å². The van der Waals surface area contributed by atoms with Crippen molar-refractivity contribution in [1.29, 1.82) is 0 Å². The van der Waals surface area contributed by atoms with Gasteiger partial charge in [-0.1, -0.05) is 24.3 Å². The molecule has 0 saturated carbocycles. The number of aliphatic hydroxyl groups excluding tert-OH is 1. The van der Waals surface area contributed by atoms with Crippen molar-refractivity contribution in [1.82, 2.24) is 5.32 Å². The molecular weight excluding hydrogens is 313 g/mol. The molecule has 0 aliphatic heterocycles. The summed E-state index contributed by atoms with van der Waals surface area (Å²) in [5.74, 6) is -0.362. The summed E-state index contributed by atoms with van der Waals surface area (Å²) in [5, 5.41) is 13.2. The van der Waals surface area contributed by atoms with Crippen molar-refractivity contribution in [2.24, 2.45) is 0 Å². The van der Waals surface area contributed by atoms with Gasteiger partial charge in [0.15, 0.2) is 17.2 Å². The summed E-state index contributed by atoms with van der Waals surface area (Å²) in [6.07, 6.45) is -0.874. The lowest BCUT2D eigenvalue weighted by molar-refractivity contribution is 0.0891. The highest BCUT2D eigenvalue weighted by Crippen LogP contribution is 2.22. The average molecular weight is 329 g/mol. The molecule has 1 unspecified atom stereocenters. The number of furan rings is 1. The van der Waals surface area contributed by atoms with E-state index in [1.165, 1.54) is 12.1 Å². The first kappa shape index (κ1) is 16.0. The highest BCUT2D eigenvalue weighted by atomic mass is 19.1. The molecule has 0 fully saturated rings. The van der Waals surface area contributed by atoms with Crippen molar-refractivity contribution >= 4 is 16.9 Å². The predicted octanol–water partition coefficient (Wildman–Crippen LogP) is 3.04. The molecular formula is C18H16FNO4. The average Bonchev–Trinajstić information content (AvgIpc) is 3.05. The summed E-state index contributed by atoms with van der Waals surface area (Å²) in [4.78, 5) is 12.1. The summed E-state index contributed by atoms with van der Waals surface area (Å²) in [5.41, 5.74) is 0.685. The molecule has 6 heteroatoms. The number of carbonyl (C=O) groups is 1. The third-order valence-electron chi connectivity index (χ3n) is 3.68. The number of nitrogens with one attached hydrogen (secondary N) is 1. The van der Waals surface area contributed by atoms with Gasteiger partial charge in [-0.2, -0.15) is 0 Å². The Morgan fingerprint density at radius 3 is 2.71 bits per heavy atom. The van der Waals surface area contributed by atoms with Crippen LogP contribution in [-0.2, 0) is 0 Å². The lowest BCUT2D eigenvalue weighted by Crippen LogP contribution is -2.28. The zero-order valence-electron chi connectivity index (χ0n) is 13.0. The Labute approximate surface area is 137 Å². The maximum Gasteiger partial charge on any atom is 0.287 e. The van der Waals surface area contributed by atoms with Crippen LogP contribution in [-0.4, -0.2) is 24.7 Å². The van der Waals surface area contributed by atoms with E-state index in [2.05, 4.69) is 5.32 Å². The Hall–Kier alpha value is -2.86. The molecule has 3 aromatic rings. The molecule has 3 rings (SSSR count). The third kappa shape index (κ3) is 3.23. The van der Waals surface area contributed by atoms with E-state index in [0.717, 1.165) is 0 Å². The Balaban J connectivity index is 1.66. The van der Waals surface area contributed by atoms with Crippen molar-refractivity contribution in [2.45, 2.75) is 6.10 Å². The molecule has 0 aliphatic carbocycles. The normalized spacial score (nSPS) is 12.1. The van der Waals surface area contributed by atoms with Gasteiger partial charge in [0.25, 0.3) is 5.91 Å². The van der Waals surface area contributed by atoms with E-state index in [1.807, 2.05) is 0 Å². The minimum atomic E-state index is -0.874. The number of hydrogen-bond acceptors (Lipinski definition) is 4. The zero-order chi connectivity index (χ0) is 17.1. The molecule has 0 radical (unpaired) electrons.